The van der Waals surface area contributed by atoms with Gasteiger partial charge in [-0.3, -0.25) is 4.79 Å². The highest BCUT2D eigenvalue weighted by atomic mass is 16.5. The molecule has 2 aromatic carbocycles. The van der Waals surface area contributed by atoms with Crippen molar-refractivity contribution in [2.75, 3.05) is 7.11 Å². The van der Waals surface area contributed by atoms with Crippen LogP contribution < -0.4 is 5.32 Å². The van der Waals surface area contributed by atoms with E-state index in [9.17, 15) is 4.79 Å². The third-order valence-corrected chi connectivity index (χ3v) is 4.47. The van der Waals surface area contributed by atoms with Gasteiger partial charge in [0.05, 0.1) is 12.6 Å². The topological polar surface area (TPSA) is 38.3 Å². The molecule has 3 nitrogen and oxygen atoms in total. The zero-order valence-corrected chi connectivity index (χ0v) is 14.8. The summed E-state index contributed by atoms with van der Waals surface area (Å²) in [6, 6.07) is 17.9. The largest absolute Gasteiger partial charge is 0.380 e. The number of methoxy groups -OCH3 is 1. The number of ether oxygens (including phenoxy) is 1. The maximum atomic E-state index is 12.8. The first kappa shape index (κ1) is 18.2. The molecule has 0 bridgehead atoms. The van der Waals surface area contributed by atoms with Gasteiger partial charge in [-0.2, -0.15) is 0 Å². The fraction of sp³-hybridized carbons (Fsp3) is 0.381. The summed E-state index contributed by atoms with van der Waals surface area (Å²) < 4.78 is 5.15. The van der Waals surface area contributed by atoms with E-state index in [2.05, 4.69) is 31.3 Å². The lowest BCUT2D eigenvalue weighted by Gasteiger charge is -2.27. The standard InChI is InChI=1S/C21H27NO2/c1-4-17(5-2)20(18-11-7-6-8-12-18)22-21(23)19-13-9-10-16(14-19)15-24-3/h6-14,17,20H,4-5,15H2,1-3H3,(H,22,23). The minimum atomic E-state index is -0.0336. The minimum absolute atomic E-state index is 0.0276. The Morgan fingerprint density at radius 1 is 1.04 bits per heavy atom. The molecule has 0 aliphatic heterocycles. The Hall–Kier alpha value is -2.13. The van der Waals surface area contributed by atoms with E-state index in [4.69, 9.17) is 4.74 Å². The van der Waals surface area contributed by atoms with E-state index in [0.29, 0.717) is 18.1 Å². The Balaban J connectivity index is 2.22. The highest BCUT2D eigenvalue weighted by Gasteiger charge is 2.22. The Bertz CT molecular complexity index is 635. The van der Waals surface area contributed by atoms with Crippen LogP contribution in [0.1, 0.15) is 54.2 Å². The van der Waals surface area contributed by atoms with Crippen molar-refractivity contribution in [1.29, 1.82) is 0 Å². The zero-order valence-electron chi connectivity index (χ0n) is 14.8. The van der Waals surface area contributed by atoms with Gasteiger partial charge in [-0.25, -0.2) is 0 Å². The second-order valence-corrected chi connectivity index (χ2v) is 6.07. The molecule has 0 spiro atoms. The van der Waals surface area contributed by atoms with Crippen LogP contribution in [0.25, 0.3) is 0 Å². The van der Waals surface area contributed by atoms with Crippen LogP contribution in [0, 0.1) is 5.92 Å². The molecule has 0 aromatic heterocycles. The molecule has 0 saturated heterocycles. The van der Waals surface area contributed by atoms with Gasteiger partial charge in [-0.15, -0.1) is 0 Å². The van der Waals surface area contributed by atoms with E-state index in [0.717, 1.165) is 24.0 Å². The molecule has 2 rings (SSSR count). The van der Waals surface area contributed by atoms with Crippen molar-refractivity contribution in [1.82, 2.24) is 5.32 Å². The van der Waals surface area contributed by atoms with Crippen LogP contribution >= 0.6 is 0 Å². The highest BCUT2D eigenvalue weighted by Crippen LogP contribution is 2.27. The first-order chi connectivity index (χ1) is 11.7. The van der Waals surface area contributed by atoms with E-state index in [1.807, 2.05) is 42.5 Å². The fourth-order valence-electron chi connectivity index (χ4n) is 3.09. The second-order valence-electron chi connectivity index (χ2n) is 6.07. The second kappa shape index (κ2) is 9.24. The van der Waals surface area contributed by atoms with Crippen molar-refractivity contribution < 1.29 is 9.53 Å². The van der Waals surface area contributed by atoms with Crippen molar-refractivity contribution in [3.05, 3.63) is 71.3 Å². The first-order valence-electron chi connectivity index (χ1n) is 8.63. The molecule has 0 heterocycles. The molecule has 2 aromatic rings. The molecule has 1 unspecified atom stereocenters. The van der Waals surface area contributed by atoms with Crippen molar-refractivity contribution in [2.24, 2.45) is 5.92 Å². The summed E-state index contributed by atoms with van der Waals surface area (Å²) in [7, 11) is 1.66. The van der Waals surface area contributed by atoms with Gasteiger partial charge >= 0.3 is 0 Å². The van der Waals surface area contributed by atoms with Crippen LogP contribution in [-0.4, -0.2) is 13.0 Å². The predicted molar refractivity (Wildman–Crippen MR) is 97.9 cm³/mol. The summed E-state index contributed by atoms with van der Waals surface area (Å²) >= 11 is 0. The van der Waals surface area contributed by atoms with E-state index in [1.54, 1.807) is 7.11 Å². The first-order valence-corrected chi connectivity index (χ1v) is 8.63. The third kappa shape index (κ3) is 4.68. The molecule has 1 atom stereocenters. The Morgan fingerprint density at radius 2 is 1.75 bits per heavy atom. The molecule has 0 saturated carbocycles. The van der Waals surface area contributed by atoms with Crippen LogP contribution in [0.15, 0.2) is 54.6 Å². The van der Waals surface area contributed by atoms with Crippen LogP contribution in [0.4, 0.5) is 0 Å². The van der Waals surface area contributed by atoms with Crippen LogP contribution in [0.5, 0.6) is 0 Å². The van der Waals surface area contributed by atoms with Gasteiger partial charge < -0.3 is 10.1 Å². The number of rotatable bonds is 8. The number of benzene rings is 2. The fourth-order valence-corrected chi connectivity index (χ4v) is 3.09. The Labute approximate surface area is 145 Å². The quantitative estimate of drug-likeness (QED) is 0.761. The summed E-state index contributed by atoms with van der Waals surface area (Å²) in [6.45, 7) is 4.86. The number of carbonyl (C=O) groups excluding carboxylic acids is 1. The van der Waals surface area contributed by atoms with Gasteiger partial charge in [0.15, 0.2) is 0 Å². The van der Waals surface area contributed by atoms with Crippen molar-refractivity contribution >= 4 is 5.91 Å². The normalized spacial score (nSPS) is 12.2. The Kier molecular flexibility index (Phi) is 7.01. The minimum Gasteiger partial charge on any atom is -0.380 e. The van der Waals surface area contributed by atoms with Crippen molar-refractivity contribution in [3.8, 4) is 0 Å². The lowest BCUT2D eigenvalue weighted by atomic mass is 9.88. The SMILES string of the molecule is CCC(CC)C(NC(=O)c1cccc(COC)c1)c1ccccc1. The lowest BCUT2D eigenvalue weighted by Crippen LogP contribution is -2.33. The summed E-state index contributed by atoms with van der Waals surface area (Å²) in [5.41, 5.74) is 2.84. The van der Waals surface area contributed by atoms with Gasteiger partial charge in [-0.1, -0.05) is 69.2 Å². The molecule has 24 heavy (non-hydrogen) atoms. The average molecular weight is 325 g/mol. The van der Waals surface area contributed by atoms with Gasteiger partial charge in [0.25, 0.3) is 5.91 Å². The average Bonchev–Trinajstić information content (AvgIpc) is 2.63. The van der Waals surface area contributed by atoms with Gasteiger partial charge in [0, 0.05) is 12.7 Å². The highest BCUT2D eigenvalue weighted by molar-refractivity contribution is 5.94. The molecule has 0 aliphatic rings. The molecule has 0 aliphatic carbocycles. The zero-order chi connectivity index (χ0) is 17.4. The Morgan fingerprint density at radius 3 is 2.38 bits per heavy atom. The summed E-state index contributed by atoms with van der Waals surface area (Å²) in [6.07, 6.45) is 2.06. The molecule has 1 N–H and O–H groups in total. The number of hydrogen-bond donors (Lipinski definition) is 1. The maximum Gasteiger partial charge on any atom is 0.251 e. The number of carbonyl (C=O) groups is 1. The molecule has 0 fully saturated rings. The van der Waals surface area contributed by atoms with E-state index >= 15 is 0 Å². The summed E-state index contributed by atoms with van der Waals surface area (Å²) in [5.74, 6) is 0.382. The molecule has 3 heteroatoms. The molecule has 0 radical (unpaired) electrons. The summed E-state index contributed by atoms with van der Waals surface area (Å²) in [4.78, 5) is 12.8. The van der Waals surface area contributed by atoms with Crippen LogP contribution in [0.3, 0.4) is 0 Å². The van der Waals surface area contributed by atoms with E-state index in [1.165, 1.54) is 0 Å². The molecule has 1 amide bonds. The molecule has 128 valence electrons. The van der Waals surface area contributed by atoms with E-state index < -0.39 is 0 Å². The predicted octanol–water partition coefficient (Wildman–Crippen LogP) is 4.74. The lowest BCUT2D eigenvalue weighted by molar-refractivity contribution is 0.0919. The van der Waals surface area contributed by atoms with Crippen LogP contribution in [0.2, 0.25) is 0 Å². The molecular weight excluding hydrogens is 298 g/mol. The number of nitrogens with one attached hydrogen (secondary N) is 1. The van der Waals surface area contributed by atoms with Crippen molar-refractivity contribution in [3.63, 3.8) is 0 Å². The molecular formula is C21H27NO2. The van der Waals surface area contributed by atoms with Gasteiger partial charge in [0.2, 0.25) is 0 Å². The smallest absolute Gasteiger partial charge is 0.251 e. The number of amides is 1. The van der Waals surface area contributed by atoms with Crippen molar-refractivity contribution in [2.45, 2.75) is 39.3 Å². The monoisotopic (exact) mass is 325 g/mol. The summed E-state index contributed by atoms with van der Waals surface area (Å²) in [5, 5.41) is 3.24. The van der Waals surface area contributed by atoms with Crippen LogP contribution in [-0.2, 0) is 11.3 Å². The maximum absolute atomic E-state index is 12.8. The van der Waals surface area contributed by atoms with Gasteiger partial charge in [0.1, 0.15) is 0 Å². The third-order valence-electron chi connectivity index (χ3n) is 4.47. The number of hydrogen-bond acceptors (Lipinski definition) is 2. The van der Waals surface area contributed by atoms with Gasteiger partial charge in [-0.05, 0) is 29.2 Å². The van der Waals surface area contributed by atoms with E-state index in [-0.39, 0.29) is 11.9 Å².